The molecular formula is C29H32N4O5. The Morgan fingerprint density at radius 1 is 1.00 bits per heavy atom. The van der Waals surface area contributed by atoms with Crippen molar-refractivity contribution < 1.29 is 19.0 Å². The fourth-order valence-corrected chi connectivity index (χ4v) is 3.88. The highest BCUT2D eigenvalue weighted by Gasteiger charge is 2.14. The van der Waals surface area contributed by atoms with Crippen molar-refractivity contribution in [2.75, 3.05) is 33.5 Å². The van der Waals surface area contributed by atoms with E-state index in [2.05, 4.69) is 15.3 Å². The molecule has 1 aromatic carbocycles. The molecule has 0 fully saturated rings. The summed E-state index contributed by atoms with van der Waals surface area (Å²) in [6.45, 7) is 6.40. The van der Waals surface area contributed by atoms with E-state index in [9.17, 15) is 9.59 Å². The number of ether oxygens (including phenoxy) is 3. The van der Waals surface area contributed by atoms with Gasteiger partial charge in [0.15, 0.2) is 0 Å². The quantitative estimate of drug-likeness (QED) is 0.288. The Kier molecular flexibility index (Phi) is 9.18. The molecule has 0 saturated heterocycles. The van der Waals surface area contributed by atoms with Gasteiger partial charge in [0.25, 0.3) is 11.5 Å². The Bertz CT molecular complexity index is 1430. The fraction of sp³-hybridized carbons (Fsp3) is 0.310. The zero-order valence-electron chi connectivity index (χ0n) is 21.9. The normalized spacial score (nSPS) is 11.0. The number of benzene rings is 1. The van der Waals surface area contributed by atoms with E-state index in [0.29, 0.717) is 55.1 Å². The Labute approximate surface area is 221 Å². The zero-order chi connectivity index (χ0) is 26.9. The van der Waals surface area contributed by atoms with Crippen LogP contribution in [0.5, 0.6) is 5.75 Å². The Balaban J connectivity index is 1.43. The van der Waals surface area contributed by atoms with E-state index in [1.54, 1.807) is 43.1 Å². The van der Waals surface area contributed by atoms with Crippen LogP contribution in [0.2, 0.25) is 0 Å². The first-order valence-corrected chi connectivity index (χ1v) is 12.4. The Hall–Kier alpha value is -4.08. The largest absolute Gasteiger partial charge is 0.491 e. The van der Waals surface area contributed by atoms with Gasteiger partial charge in [0.1, 0.15) is 12.4 Å². The van der Waals surface area contributed by atoms with Crippen LogP contribution >= 0.6 is 0 Å². The van der Waals surface area contributed by atoms with Crippen molar-refractivity contribution in [3.63, 3.8) is 0 Å². The number of hydrogen-bond donors (Lipinski definition) is 1. The number of hydrogen-bond acceptors (Lipinski definition) is 7. The van der Waals surface area contributed by atoms with Crippen LogP contribution in [0.25, 0.3) is 10.9 Å². The van der Waals surface area contributed by atoms with Crippen molar-refractivity contribution in [2.45, 2.75) is 26.9 Å². The molecule has 9 heteroatoms. The lowest BCUT2D eigenvalue weighted by Crippen LogP contribution is -2.26. The second-order valence-corrected chi connectivity index (χ2v) is 8.91. The third kappa shape index (κ3) is 7.02. The number of rotatable bonds is 12. The minimum atomic E-state index is -0.297. The predicted octanol–water partition coefficient (Wildman–Crippen LogP) is 3.43. The molecule has 1 N–H and O–H groups in total. The lowest BCUT2D eigenvalue weighted by atomic mass is 10.1. The Morgan fingerprint density at radius 3 is 2.53 bits per heavy atom. The van der Waals surface area contributed by atoms with Gasteiger partial charge in [0.2, 0.25) is 0 Å². The van der Waals surface area contributed by atoms with Gasteiger partial charge in [-0.3, -0.25) is 19.6 Å². The van der Waals surface area contributed by atoms with E-state index in [0.717, 1.165) is 22.6 Å². The number of methoxy groups -OCH3 is 1. The number of carbonyl (C=O) groups is 1. The molecule has 3 aromatic heterocycles. The third-order valence-corrected chi connectivity index (χ3v) is 6.00. The molecule has 3 heterocycles. The minimum Gasteiger partial charge on any atom is -0.491 e. The van der Waals surface area contributed by atoms with Crippen molar-refractivity contribution in [1.82, 2.24) is 19.9 Å². The molecule has 9 nitrogen and oxygen atoms in total. The Morgan fingerprint density at radius 2 is 1.79 bits per heavy atom. The summed E-state index contributed by atoms with van der Waals surface area (Å²) in [6, 6.07) is 14.8. The smallest absolute Gasteiger partial charge is 0.260 e. The first-order chi connectivity index (χ1) is 18.4. The maximum Gasteiger partial charge on any atom is 0.260 e. The number of carbonyl (C=O) groups excluding carboxylic acids is 1. The molecule has 4 aromatic rings. The summed E-state index contributed by atoms with van der Waals surface area (Å²) >= 11 is 0. The van der Waals surface area contributed by atoms with Crippen LogP contribution in [0.4, 0.5) is 0 Å². The summed E-state index contributed by atoms with van der Waals surface area (Å²) in [5.41, 5.74) is 4.02. The summed E-state index contributed by atoms with van der Waals surface area (Å²) < 4.78 is 17.6. The monoisotopic (exact) mass is 516 g/mol. The highest BCUT2D eigenvalue weighted by Crippen LogP contribution is 2.16. The number of fused-ring (bicyclic) bond motifs is 1. The second kappa shape index (κ2) is 12.9. The van der Waals surface area contributed by atoms with Gasteiger partial charge in [-0.25, -0.2) is 0 Å². The van der Waals surface area contributed by atoms with Crippen molar-refractivity contribution in [3.8, 4) is 5.75 Å². The lowest BCUT2D eigenvalue weighted by molar-refractivity contribution is 0.0544. The average Bonchev–Trinajstić information content (AvgIpc) is 2.92. The molecule has 0 aliphatic rings. The predicted molar refractivity (Wildman–Crippen MR) is 145 cm³/mol. The van der Waals surface area contributed by atoms with Gasteiger partial charge < -0.3 is 24.1 Å². The molecule has 38 heavy (non-hydrogen) atoms. The fourth-order valence-electron chi connectivity index (χ4n) is 3.88. The SMILES string of the molecule is COCCOCCOc1ccc(Cn2ccc3nc(C)c(C(=O)NCc4ccc(C)cn4)cc3c2=O)cc1. The molecule has 4 rings (SSSR count). The van der Waals surface area contributed by atoms with E-state index < -0.39 is 0 Å². The molecule has 0 saturated carbocycles. The van der Waals surface area contributed by atoms with Gasteiger partial charge in [-0.15, -0.1) is 0 Å². The van der Waals surface area contributed by atoms with E-state index in [4.69, 9.17) is 14.2 Å². The van der Waals surface area contributed by atoms with Gasteiger partial charge in [-0.05, 0) is 55.3 Å². The first kappa shape index (κ1) is 27.0. The molecule has 0 atom stereocenters. The molecule has 198 valence electrons. The number of aromatic nitrogens is 3. The maximum absolute atomic E-state index is 13.3. The molecule has 0 unspecified atom stereocenters. The molecular weight excluding hydrogens is 484 g/mol. The lowest BCUT2D eigenvalue weighted by Gasteiger charge is -2.11. The number of pyridine rings is 3. The van der Waals surface area contributed by atoms with Crippen molar-refractivity contribution >= 4 is 16.8 Å². The summed E-state index contributed by atoms with van der Waals surface area (Å²) in [5, 5.41) is 3.26. The van der Waals surface area contributed by atoms with Crippen molar-refractivity contribution in [2.24, 2.45) is 0 Å². The highest BCUT2D eigenvalue weighted by atomic mass is 16.5. The van der Waals surface area contributed by atoms with Crippen LogP contribution in [0.15, 0.2) is 65.7 Å². The number of aryl methyl sites for hydroxylation is 2. The van der Waals surface area contributed by atoms with Crippen LogP contribution in [0, 0.1) is 13.8 Å². The van der Waals surface area contributed by atoms with Crippen molar-refractivity contribution in [3.05, 3.63) is 99.4 Å². The van der Waals surface area contributed by atoms with Gasteiger partial charge in [-0.2, -0.15) is 0 Å². The van der Waals surface area contributed by atoms with Gasteiger partial charge in [0.05, 0.1) is 60.8 Å². The first-order valence-electron chi connectivity index (χ1n) is 12.4. The standard InChI is InChI=1S/C29H32N4O5/c1-20-4-7-23(30-17-20)18-31-28(34)25-16-26-27(32-21(25)2)10-11-33(29(26)35)19-22-5-8-24(9-6-22)38-15-14-37-13-12-36-3/h4-11,16-17H,12-15,18-19H2,1-3H3,(H,31,34). The highest BCUT2D eigenvalue weighted by molar-refractivity contribution is 5.98. The second-order valence-electron chi connectivity index (χ2n) is 8.91. The van der Waals surface area contributed by atoms with Crippen LogP contribution in [-0.2, 0) is 22.6 Å². The maximum atomic E-state index is 13.3. The summed E-state index contributed by atoms with van der Waals surface area (Å²) in [4.78, 5) is 35.0. The number of amides is 1. The molecule has 0 aliphatic heterocycles. The molecule has 1 amide bonds. The summed E-state index contributed by atoms with van der Waals surface area (Å²) in [5.74, 6) is 0.430. The van der Waals surface area contributed by atoms with Crippen LogP contribution in [-0.4, -0.2) is 54.0 Å². The van der Waals surface area contributed by atoms with Crippen LogP contribution in [0.3, 0.4) is 0 Å². The molecule has 0 spiro atoms. The van der Waals surface area contributed by atoms with Crippen LogP contribution in [0.1, 0.15) is 32.9 Å². The summed E-state index contributed by atoms with van der Waals surface area (Å²) in [7, 11) is 1.63. The number of nitrogens with one attached hydrogen (secondary N) is 1. The topological polar surface area (TPSA) is 105 Å². The van der Waals surface area contributed by atoms with E-state index >= 15 is 0 Å². The van der Waals surface area contributed by atoms with Gasteiger partial charge in [-0.1, -0.05) is 18.2 Å². The third-order valence-electron chi connectivity index (χ3n) is 6.00. The van der Waals surface area contributed by atoms with Crippen molar-refractivity contribution in [1.29, 1.82) is 0 Å². The van der Waals surface area contributed by atoms with Gasteiger partial charge in [0, 0.05) is 19.5 Å². The number of nitrogens with zero attached hydrogens (tertiary/aromatic N) is 3. The molecule has 0 aliphatic carbocycles. The van der Waals surface area contributed by atoms with E-state index in [-0.39, 0.29) is 18.0 Å². The molecule has 0 radical (unpaired) electrons. The molecule has 0 bridgehead atoms. The zero-order valence-corrected chi connectivity index (χ0v) is 21.9. The minimum absolute atomic E-state index is 0.210. The van der Waals surface area contributed by atoms with E-state index in [1.165, 1.54) is 0 Å². The van der Waals surface area contributed by atoms with E-state index in [1.807, 2.05) is 43.3 Å². The van der Waals surface area contributed by atoms with Gasteiger partial charge >= 0.3 is 0 Å². The summed E-state index contributed by atoms with van der Waals surface area (Å²) in [6.07, 6.45) is 3.48. The average molecular weight is 517 g/mol. The van der Waals surface area contributed by atoms with Crippen LogP contribution < -0.4 is 15.6 Å².